The highest BCUT2D eigenvalue weighted by molar-refractivity contribution is 6.07. The van der Waals surface area contributed by atoms with Gasteiger partial charge in [-0.3, -0.25) is 4.79 Å². The molecule has 0 saturated carbocycles. The zero-order valence-corrected chi connectivity index (χ0v) is 18.9. The maximum absolute atomic E-state index is 13.4. The Morgan fingerprint density at radius 2 is 1.81 bits per heavy atom. The number of ether oxygens (including phenoxy) is 1. The Morgan fingerprint density at radius 3 is 2.54 bits per heavy atom. The van der Waals surface area contributed by atoms with E-state index in [4.69, 9.17) is 9.15 Å². The number of esters is 1. The van der Waals surface area contributed by atoms with E-state index in [-0.39, 0.29) is 35.0 Å². The van der Waals surface area contributed by atoms with Crippen LogP contribution in [0, 0.1) is 0 Å². The molecule has 0 aliphatic carbocycles. The molecule has 8 nitrogen and oxygen atoms in total. The fraction of sp³-hybridized carbons (Fsp3) is 0.0769. The van der Waals surface area contributed by atoms with Crippen molar-refractivity contribution in [1.29, 1.82) is 0 Å². The average molecular weight is 506 g/mol. The number of hydrogen-bond donors (Lipinski definition) is 1. The lowest BCUT2D eigenvalue weighted by molar-refractivity contribution is -0.136. The lowest BCUT2D eigenvalue weighted by Crippen LogP contribution is -2.18. The summed E-state index contributed by atoms with van der Waals surface area (Å²) in [6, 6.07) is 18.2. The predicted octanol–water partition coefficient (Wildman–Crippen LogP) is 5.64. The first-order valence-corrected chi connectivity index (χ1v) is 10.9. The molecule has 1 amide bonds. The van der Waals surface area contributed by atoms with Gasteiger partial charge in [0.15, 0.2) is 11.6 Å². The Bertz CT molecular complexity index is 1580. The molecule has 0 unspecified atom stereocenters. The van der Waals surface area contributed by atoms with Crippen molar-refractivity contribution in [3.05, 3.63) is 108 Å². The van der Waals surface area contributed by atoms with Crippen molar-refractivity contribution in [2.24, 2.45) is 0 Å². The smallest absolute Gasteiger partial charge is 0.420 e. The van der Waals surface area contributed by atoms with Crippen molar-refractivity contribution >= 4 is 28.7 Å². The Kier molecular flexibility index (Phi) is 6.18. The minimum absolute atomic E-state index is 0.0161. The van der Waals surface area contributed by atoms with Crippen LogP contribution in [0.25, 0.3) is 16.8 Å². The molecule has 2 aromatic carbocycles. The van der Waals surface area contributed by atoms with Crippen molar-refractivity contribution in [3.63, 3.8) is 0 Å². The number of fused-ring (bicyclic) bond motifs is 1. The minimum atomic E-state index is -4.67. The van der Waals surface area contributed by atoms with Crippen LogP contribution < -0.4 is 5.32 Å². The summed E-state index contributed by atoms with van der Waals surface area (Å²) in [7, 11) is 0. The molecule has 0 aliphatic rings. The zero-order valence-electron chi connectivity index (χ0n) is 18.9. The molecule has 0 aliphatic heterocycles. The number of halogens is 3. The molecule has 11 heteroatoms. The van der Waals surface area contributed by atoms with Gasteiger partial charge in [-0.05, 0) is 35.9 Å². The lowest BCUT2D eigenvalue weighted by Gasteiger charge is -2.11. The van der Waals surface area contributed by atoms with E-state index in [0.29, 0.717) is 0 Å². The van der Waals surface area contributed by atoms with Crippen LogP contribution in [0.4, 0.5) is 19.0 Å². The molecule has 5 aromatic rings. The first kappa shape index (κ1) is 23.8. The van der Waals surface area contributed by atoms with Crippen LogP contribution in [0.2, 0.25) is 0 Å². The van der Waals surface area contributed by atoms with E-state index in [2.05, 4.69) is 15.4 Å². The molecule has 3 aromatic heterocycles. The lowest BCUT2D eigenvalue weighted by atomic mass is 10.1. The monoisotopic (exact) mass is 506 g/mol. The third-order valence-corrected chi connectivity index (χ3v) is 5.36. The van der Waals surface area contributed by atoms with E-state index in [0.717, 1.165) is 11.6 Å². The second kappa shape index (κ2) is 9.61. The highest BCUT2D eigenvalue weighted by atomic mass is 19.4. The Hall–Kier alpha value is -4.93. The number of amides is 1. The van der Waals surface area contributed by atoms with Gasteiger partial charge in [-0.1, -0.05) is 42.5 Å². The number of carbonyl (C=O) groups excluding carboxylic acids is 2. The maximum Gasteiger partial charge on any atom is 0.420 e. The molecule has 0 radical (unpaired) electrons. The third-order valence-electron chi connectivity index (χ3n) is 5.36. The number of para-hydroxylation sites is 1. The summed E-state index contributed by atoms with van der Waals surface area (Å²) >= 11 is 0. The number of nitrogens with one attached hydrogen (secondary N) is 1. The highest BCUT2D eigenvalue weighted by Crippen LogP contribution is 2.36. The fourth-order valence-electron chi connectivity index (χ4n) is 3.61. The molecule has 0 bridgehead atoms. The van der Waals surface area contributed by atoms with Crippen molar-refractivity contribution in [2.75, 3.05) is 5.32 Å². The molecule has 0 saturated heterocycles. The number of anilines is 1. The number of aromatic nitrogens is 3. The second-order valence-electron chi connectivity index (χ2n) is 7.86. The normalized spacial score (nSPS) is 11.4. The summed E-state index contributed by atoms with van der Waals surface area (Å²) in [5, 5.41) is 6.64. The van der Waals surface area contributed by atoms with Crippen molar-refractivity contribution in [3.8, 4) is 5.82 Å². The summed E-state index contributed by atoms with van der Waals surface area (Å²) in [5.41, 5.74) is -0.786. The van der Waals surface area contributed by atoms with Gasteiger partial charge in [0.25, 0.3) is 5.91 Å². The van der Waals surface area contributed by atoms with Crippen LogP contribution in [0.3, 0.4) is 0 Å². The van der Waals surface area contributed by atoms with Gasteiger partial charge in [0.1, 0.15) is 23.6 Å². The van der Waals surface area contributed by atoms with Crippen molar-refractivity contribution in [2.45, 2.75) is 12.8 Å². The Morgan fingerprint density at radius 1 is 1.00 bits per heavy atom. The van der Waals surface area contributed by atoms with Crippen molar-refractivity contribution < 1.29 is 31.9 Å². The van der Waals surface area contributed by atoms with Gasteiger partial charge in [-0.15, -0.1) is 0 Å². The summed E-state index contributed by atoms with van der Waals surface area (Å²) in [4.78, 5) is 30.2. The SMILES string of the molecule is O=C(Nc1nc(-n2cccn2)ccc1C(=O)OCc1ccccc1)c1cc2cccc(C(F)(F)F)c2o1. The predicted molar refractivity (Wildman–Crippen MR) is 126 cm³/mol. The van der Waals surface area contributed by atoms with Crippen LogP contribution >= 0.6 is 0 Å². The number of nitrogens with zero attached hydrogens (tertiary/aromatic N) is 3. The molecular formula is C26H17F3N4O4. The molecule has 1 N–H and O–H groups in total. The number of alkyl halides is 3. The van der Waals surface area contributed by atoms with Gasteiger partial charge >= 0.3 is 12.1 Å². The van der Waals surface area contributed by atoms with E-state index in [1.807, 2.05) is 6.07 Å². The second-order valence-corrected chi connectivity index (χ2v) is 7.86. The third kappa shape index (κ3) is 5.06. The topological polar surface area (TPSA) is 99.2 Å². The number of carbonyl (C=O) groups is 2. The largest absolute Gasteiger partial charge is 0.457 e. The molecule has 5 rings (SSSR count). The summed E-state index contributed by atoms with van der Waals surface area (Å²) in [6.45, 7) is -0.0161. The van der Waals surface area contributed by atoms with E-state index in [9.17, 15) is 22.8 Å². The average Bonchev–Trinajstić information content (AvgIpc) is 3.57. The van der Waals surface area contributed by atoms with Crippen molar-refractivity contribution in [1.82, 2.24) is 14.8 Å². The summed E-state index contributed by atoms with van der Waals surface area (Å²) < 4.78 is 52.1. The highest BCUT2D eigenvalue weighted by Gasteiger charge is 2.34. The van der Waals surface area contributed by atoms with Crippen LogP contribution in [0.5, 0.6) is 0 Å². The Labute approximate surface area is 207 Å². The number of rotatable bonds is 6. The summed E-state index contributed by atoms with van der Waals surface area (Å²) in [6.07, 6.45) is -1.53. The number of hydrogen-bond acceptors (Lipinski definition) is 6. The maximum atomic E-state index is 13.4. The standard InChI is InChI=1S/C26H17F3N4O4/c27-26(28,29)19-9-4-8-17-14-20(37-22(17)19)24(34)32-23-18(10-11-21(31-23)33-13-5-12-30-33)25(35)36-15-16-6-2-1-3-7-16/h1-14H,15H2,(H,31,32,34). The van der Waals surface area contributed by atoms with Gasteiger partial charge in [0, 0.05) is 17.8 Å². The quantitative estimate of drug-likeness (QED) is 0.299. The number of benzene rings is 2. The van der Waals surface area contributed by atoms with Gasteiger partial charge < -0.3 is 14.5 Å². The molecule has 186 valence electrons. The fourth-order valence-corrected chi connectivity index (χ4v) is 3.61. The zero-order chi connectivity index (χ0) is 26.0. The number of pyridine rings is 1. The van der Waals surface area contributed by atoms with Gasteiger partial charge in [0.05, 0.1) is 5.56 Å². The van der Waals surface area contributed by atoms with E-state index >= 15 is 0 Å². The van der Waals surface area contributed by atoms with Gasteiger partial charge in [-0.25, -0.2) is 14.5 Å². The molecular weight excluding hydrogens is 489 g/mol. The van der Waals surface area contributed by atoms with E-state index in [1.165, 1.54) is 41.2 Å². The molecule has 0 fully saturated rings. The minimum Gasteiger partial charge on any atom is -0.457 e. The van der Waals surface area contributed by atoms with E-state index < -0.39 is 29.2 Å². The van der Waals surface area contributed by atoms with Gasteiger partial charge in [-0.2, -0.15) is 18.3 Å². The first-order chi connectivity index (χ1) is 17.8. The molecule has 0 atom stereocenters. The van der Waals surface area contributed by atoms with Crippen LogP contribution in [0.15, 0.2) is 89.6 Å². The summed E-state index contributed by atoms with van der Waals surface area (Å²) in [5.74, 6) is -1.94. The Balaban J connectivity index is 1.46. The van der Waals surface area contributed by atoms with Crippen LogP contribution in [-0.2, 0) is 17.5 Å². The number of furan rings is 1. The van der Waals surface area contributed by atoms with Gasteiger partial charge in [0.2, 0.25) is 0 Å². The van der Waals surface area contributed by atoms with Crippen LogP contribution in [-0.4, -0.2) is 26.6 Å². The molecule has 3 heterocycles. The first-order valence-electron chi connectivity index (χ1n) is 10.9. The van der Waals surface area contributed by atoms with Crippen LogP contribution in [0.1, 0.15) is 32.0 Å². The van der Waals surface area contributed by atoms with E-state index in [1.54, 1.807) is 36.5 Å². The molecule has 0 spiro atoms. The molecule has 37 heavy (non-hydrogen) atoms.